The van der Waals surface area contributed by atoms with E-state index in [1.165, 1.54) is 34.5 Å². The molecule has 0 aromatic carbocycles. The Balaban J connectivity index is 1.87. The summed E-state index contributed by atoms with van der Waals surface area (Å²) in [5.41, 5.74) is -0.0200. The molecule has 8 heteroatoms. The number of aromatic nitrogens is 2. The van der Waals surface area contributed by atoms with E-state index in [2.05, 4.69) is 16.5 Å². The third-order valence-electron chi connectivity index (χ3n) is 4.39. The minimum absolute atomic E-state index is 0.107. The molecule has 0 saturated carbocycles. The molecule has 26 heavy (non-hydrogen) atoms. The van der Waals surface area contributed by atoms with Gasteiger partial charge in [-0.2, -0.15) is 0 Å². The second-order valence-corrected chi connectivity index (χ2v) is 6.19. The maximum Gasteiger partial charge on any atom is 0.257 e. The van der Waals surface area contributed by atoms with Gasteiger partial charge in [-0.1, -0.05) is 6.08 Å². The van der Waals surface area contributed by atoms with Crippen LogP contribution in [0.3, 0.4) is 0 Å². The molecule has 1 fully saturated rings. The van der Waals surface area contributed by atoms with Gasteiger partial charge >= 0.3 is 0 Å². The van der Waals surface area contributed by atoms with Gasteiger partial charge in [-0.05, 0) is 6.07 Å². The summed E-state index contributed by atoms with van der Waals surface area (Å²) in [7, 11) is 0. The van der Waals surface area contributed by atoms with Gasteiger partial charge in [-0.3, -0.25) is 19.4 Å². The van der Waals surface area contributed by atoms with E-state index >= 15 is 0 Å². The predicted octanol–water partition coefficient (Wildman–Crippen LogP) is 0.144. The van der Waals surface area contributed by atoms with Gasteiger partial charge in [0.2, 0.25) is 5.91 Å². The number of fused-ring (bicyclic) bond motifs is 1. The minimum atomic E-state index is -0.846. The van der Waals surface area contributed by atoms with Crippen LogP contribution in [0.2, 0.25) is 0 Å². The van der Waals surface area contributed by atoms with E-state index < -0.39 is 6.10 Å². The number of rotatable bonds is 3. The van der Waals surface area contributed by atoms with E-state index in [-0.39, 0.29) is 36.9 Å². The summed E-state index contributed by atoms with van der Waals surface area (Å²) in [5.74, 6) is -0.461. The number of nitrogens with one attached hydrogen (secondary N) is 1. The molecule has 0 spiro atoms. The highest BCUT2D eigenvalue weighted by molar-refractivity contribution is 6.06. The van der Waals surface area contributed by atoms with Gasteiger partial charge in [0.15, 0.2) is 0 Å². The molecule has 2 N–H and O–H groups in total. The summed E-state index contributed by atoms with van der Waals surface area (Å²) < 4.78 is 0. The molecule has 1 unspecified atom stereocenters. The lowest BCUT2D eigenvalue weighted by Crippen LogP contribution is -2.38. The highest BCUT2D eigenvalue weighted by atomic mass is 16.3. The average Bonchev–Trinajstić information content (AvgIpc) is 2.83. The standard InChI is InChI=1S/C18H20N4O4/c1-2-3-16(24)21-6-7-22(11-12(23)10-21)18(26)15-9-19-8-14-13(15)4-5-20-17(14)25/h2,4-5,8-9,12,23H,1,3,6-7,10-11H2,(H,20,25). The normalized spacial score (nSPS) is 17.8. The first-order valence-corrected chi connectivity index (χ1v) is 8.32. The van der Waals surface area contributed by atoms with E-state index in [1.807, 2.05) is 0 Å². The van der Waals surface area contributed by atoms with Gasteiger partial charge in [0.1, 0.15) is 0 Å². The molecule has 3 heterocycles. The second-order valence-electron chi connectivity index (χ2n) is 6.19. The molecule has 2 aromatic rings. The monoisotopic (exact) mass is 356 g/mol. The van der Waals surface area contributed by atoms with Crippen molar-refractivity contribution < 1.29 is 14.7 Å². The Morgan fingerprint density at radius 1 is 1.27 bits per heavy atom. The average molecular weight is 356 g/mol. The van der Waals surface area contributed by atoms with Crippen molar-refractivity contribution in [2.45, 2.75) is 12.5 Å². The van der Waals surface area contributed by atoms with E-state index in [4.69, 9.17) is 0 Å². The van der Waals surface area contributed by atoms with Crippen LogP contribution >= 0.6 is 0 Å². The van der Waals surface area contributed by atoms with Crippen LogP contribution in [0.25, 0.3) is 10.8 Å². The Labute approximate surface area is 149 Å². The van der Waals surface area contributed by atoms with Crippen LogP contribution in [-0.2, 0) is 4.79 Å². The van der Waals surface area contributed by atoms with Crippen molar-refractivity contribution in [1.82, 2.24) is 19.8 Å². The third-order valence-corrected chi connectivity index (χ3v) is 4.39. The molecule has 1 aliphatic rings. The summed E-state index contributed by atoms with van der Waals surface area (Å²) in [4.78, 5) is 46.5. The fourth-order valence-electron chi connectivity index (χ4n) is 3.10. The number of pyridine rings is 2. The summed E-state index contributed by atoms with van der Waals surface area (Å²) in [6.07, 6.45) is 5.17. The van der Waals surface area contributed by atoms with E-state index in [0.717, 1.165) is 0 Å². The van der Waals surface area contributed by atoms with Crippen LogP contribution in [0.4, 0.5) is 0 Å². The topological polar surface area (TPSA) is 107 Å². The lowest BCUT2D eigenvalue weighted by molar-refractivity contribution is -0.131. The van der Waals surface area contributed by atoms with Crippen LogP contribution in [0, 0.1) is 0 Å². The number of hydrogen-bond donors (Lipinski definition) is 2. The number of nitrogens with zero attached hydrogens (tertiary/aromatic N) is 3. The minimum Gasteiger partial charge on any atom is -0.389 e. The van der Waals surface area contributed by atoms with Crippen molar-refractivity contribution in [2.24, 2.45) is 0 Å². The van der Waals surface area contributed by atoms with Gasteiger partial charge < -0.3 is 19.9 Å². The highest BCUT2D eigenvalue weighted by Gasteiger charge is 2.28. The zero-order chi connectivity index (χ0) is 18.7. The summed E-state index contributed by atoms with van der Waals surface area (Å²) in [6.45, 7) is 4.44. The number of β-amino-alcohol motifs (C(OH)–C–C–N with tert-alkyl or cyclic N) is 1. The van der Waals surface area contributed by atoms with Crippen molar-refractivity contribution in [3.8, 4) is 0 Å². The van der Waals surface area contributed by atoms with Gasteiger partial charge in [-0.25, -0.2) is 0 Å². The van der Waals surface area contributed by atoms with Crippen molar-refractivity contribution in [1.29, 1.82) is 0 Å². The predicted molar refractivity (Wildman–Crippen MR) is 95.7 cm³/mol. The fourth-order valence-corrected chi connectivity index (χ4v) is 3.10. The summed E-state index contributed by atoms with van der Waals surface area (Å²) in [5, 5.41) is 11.1. The quantitative estimate of drug-likeness (QED) is 0.761. The lowest BCUT2D eigenvalue weighted by atomic mass is 10.1. The van der Waals surface area contributed by atoms with Gasteiger partial charge in [-0.15, -0.1) is 6.58 Å². The largest absolute Gasteiger partial charge is 0.389 e. The molecular weight excluding hydrogens is 336 g/mol. The molecule has 136 valence electrons. The van der Waals surface area contributed by atoms with Gasteiger partial charge in [0, 0.05) is 56.6 Å². The molecule has 0 bridgehead atoms. The first-order chi connectivity index (χ1) is 12.5. The summed E-state index contributed by atoms with van der Waals surface area (Å²) in [6, 6.07) is 1.65. The smallest absolute Gasteiger partial charge is 0.257 e. The molecular formula is C18H20N4O4. The number of aliphatic hydroxyl groups is 1. The fraction of sp³-hybridized carbons (Fsp3) is 0.333. The van der Waals surface area contributed by atoms with E-state index in [1.54, 1.807) is 6.07 Å². The van der Waals surface area contributed by atoms with Crippen molar-refractivity contribution in [2.75, 3.05) is 26.2 Å². The Morgan fingerprint density at radius 2 is 2.00 bits per heavy atom. The molecule has 1 atom stereocenters. The number of aromatic amines is 1. The number of amides is 2. The molecule has 2 amide bonds. The first kappa shape index (κ1) is 17.8. The van der Waals surface area contributed by atoms with E-state index in [0.29, 0.717) is 29.4 Å². The maximum atomic E-state index is 13.0. The first-order valence-electron chi connectivity index (χ1n) is 8.32. The number of hydrogen-bond acceptors (Lipinski definition) is 5. The lowest BCUT2D eigenvalue weighted by Gasteiger charge is -2.22. The molecule has 1 saturated heterocycles. The number of carbonyl (C=O) groups is 2. The van der Waals surface area contributed by atoms with Crippen LogP contribution in [0.1, 0.15) is 16.8 Å². The Kier molecular flexibility index (Phi) is 5.13. The van der Waals surface area contributed by atoms with Crippen LogP contribution < -0.4 is 5.56 Å². The SMILES string of the molecule is C=CCC(=O)N1CCN(C(=O)c2cncc3c(=O)[nH]ccc23)CC(O)C1. The maximum absolute atomic E-state index is 13.0. The molecule has 8 nitrogen and oxygen atoms in total. The number of H-pyrrole nitrogens is 1. The summed E-state index contributed by atoms with van der Waals surface area (Å²) >= 11 is 0. The molecule has 0 aliphatic carbocycles. The van der Waals surface area contributed by atoms with Crippen molar-refractivity contribution in [3.63, 3.8) is 0 Å². The third kappa shape index (κ3) is 3.50. The van der Waals surface area contributed by atoms with Crippen molar-refractivity contribution >= 4 is 22.6 Å². The van der Waals surface area contributed by atoms with Crippen LogP contribution in [0.15, 0.2) is 42.1 Å². The molecule has 1 aliphatic heterocycles. The van der Waals surface area contributed by atoms with Crippen LogP contribution in [-0.4, -0.2) is 69.0 Å². The highest BCUT2D eigenvalue weighted by Crippen LogP contribution is 2.17. The molecule has 3 rings (SSSR count). The number of aliphatic hydroxyl groups excluding tert-OH is 1. The zero-order valence-electron chi connectivity index (χ0n) is 14.2. The Morgan fingerprint density at radius 3 is 2.77 bits per heavy atom. The molecule has 0 radical (unpaired) electrons. The number of carbonyl (C=O) groups excluding carboxylic acids is 2. The van der Waals surface area contributed by atoms with Crippen LogP contribution in [0.5, 0.6) is 0 Å². The van der Waals surface area contributed by atoms with Crippen molar-refractivity contribution in [3.05, 3.63) is 53.2 Å². The Hall–Kier alpha value is -3.00. The van der Waals surface area contributed by atoms with Gasteiger partial charge in [0.25, 0.3) is 11.5 Å². The Bertz CT molecular complexity index is 907. The second kappa shape index (κ2) is 7.49. The molecule has 2 aromatic heterocycles. The zero-order valence-corrected chi connectivity index (χ0v) is 14.2. The van der Waals surface area contributed by atoms with Gasteiger partial charge in [0.05, 0.1) is 17.1 Å². The van der Waals surface area contributed by atoms with E-state index in [9.17, 15) is 19.5 Å².